The molecule has 0 spiro atoms. The van der Waals surface area contributed by atoms with Crippen molar-refractivity contribution in [3.05, 3.63) is 95.6 Å². The third kappa shape index (κ3) is 2.88. The Morgan fingerprint density at radius 1 is 1.18 bits per heavy atom. The number of thioether (sulfide) groups is 1. The average Bonchev–Trinajstić information content (AvgIpc) is 3.30. The number of benzene rings is 2. The Hall–Kier alpha value is -3.05. The Kier molecular flexibility index (Phi) is 4.17. The van der Waals surface area contributed by atoms with Crippen molar-refractivity contribution in [2.75, 3.05) is 5.32 Å². The predicted molar refractivity (Wildman–Crippen MR) is 115 cm³/mol. The van der Waals surface area contributed by atoms with E-state index < -0.39 is 0 Å². The van der Waals surface area contributed by atoms with Gasteiger partial charge in [0.1, 0.15) is 5.37 Å². The van der Waals surface area contributed by atoms with E-state index in [4.69, 9.17) is 0 Å². The number of pyridine rings is 1. The molecule has 1 atom stereocenters. The first-order valence-corrected chi connectivity index (χ1v) is 10.3. The summed E-state index contributed by atoms with van der Waals surface area (Å²) in [6.07, 6.45) is 5.69. The van der Waals surface area contributed by atoms with Gasteiger partial charge >= 0.3 is 0 Å². The van der Waals surface area contributed by atoms with Gasteiger partial charge in [0, 0.05) is 46.7 Å². The molecule has 4 nitrogen and oxygen atoms in total. The van der Waals surface area contributed by atoms with Crippen molar-refractivity contribution in [2.24, 2.45) is 0 Å². The molecule has 0 aliphatic carbocycles. The van der Waals surface area contributed by atoms with Crippen LogP contribution in [-0.4, -0.2) is 15.5 Å². The molecule has 0 bridgehead atoms. The summed E-state index contributed by atoms with van der Waals surface area (Å²) in [6.45, 7) is 2.05. The molecular formula is C23H19N3OS. The molecule has 3 heterocycles. The van der Waals surface area contributed by atoms with Crippen LogP contribution in [0.4, 0.5) is 5.69 Å². The molecule has 2 aromatic heterocycles. The van der Waals surface area contributed by atoms with Crippen LogP contribution in [0.3, 0.4) is 0 Å². The maximum atomic E-state index is 13.1. The fourth-order valence-corrected chi connectivity index (χ4v) is 5.14. The van der Waals surface area contributed by atoms with E-state index in [9.17, 15) is 4.79 Å². The lowest BCUT2D eigenvalue weighted by molar-refractivity contribution is 0.102. The summed E-state index contributed by atoms with van der Waals surface area (Å²) in [5.41, 5.74) is 4.94. The Balaban J connectivity index is 1.47. The molecule has 1 amide bonds. The zero-order valence-electron chi connectivity index (χ0n) is 15.4. The molecule has 28 heavy (non-hydrogen) atoms. The van der Waals surface area contributed by atoms with Crippen LogP contribution >= 0.6 is 11.8 Å². The third-order valence-corrected chi connectivity index (χ3v) is 6.38. The number of anilines is 1. The summed E-state index contributed by atoms with van der Waals surface area (Å²) in [7, 11) is 0. The monoisotopic (exact) mass is 385 g/mol. The van der Waals surface area contributed by atoms with Crippen LogP contribution in [0.2, 0.25) is 0 Å². The van der Waals surface area contributed by atoms with Gasteiger partial charge in [-0.2, -0.15) is 0 Å². The lowest BCUT2D eigenvalue weighted by atomic mass is 10.1. The summed E-state index contributed by atoms with van der Waals surface area (Å²) in [4.78, 5) is 17.3. The van der Waals surface area contributed by atoms with Crippen LogP contribution in [0.1, 0.15) is 32.6 Å². The molecule has 138 valence electrons. The number of hydrogen-bond donors (Lipinski definition) is 1. The molecule has 1 aliphatic rings. The van der Waals surface area contributed by atoms with Crippen LogP contribution in [0.5, 0.6) is 0 Å². The topological polar surface area (TPSA) is 46.9 Å². The second kappa shape index (κ2) is 6.84. The van der Waals surface area contributed by atoms with Crippen LogP contribution < -0.4 is 5.32 Å². The summed E-state index contributed by atoms with van der Waals surface area (Å²) in [6, 6.07) is 18.3. The maximum Gasteiger partial charge on any atom is 0.257 e. The second-order valence-electron chi connectivity index (χ2n) is 7.02. The zero-order chi connectivity index (χ0) is 19.1. The fraction of sp³-hybridized carbons (Fsp3) is 0.130. The third-order valence-electron chi connectivity index (χ3n) is 5.12. The fourth-order valence-electron chi connectivity index (χ4n) is 3.83. The highest BCUT2D eigenvalue weighted by Gasteiger charge is 2.28. The molecule has 5 rings (SSSR count). The van der Waals surface area contributed by atoms with Crippen molar-refractivity contribution in [3.63, 3.8) is 0 Å². The molecule has 0 radical (unpaired) electrons. The highest BCUT2D eigenvalue weighted by molar-refractivity contribution is 7.99. The first-order valence-electron chi connectivity index (χ1n) is 9.23. The van der Waals surface area contributed by atoms with Gasteiger partial charge in [-0.15, -0.1) is 11.8 Å². The Morgan fingerprint density at radius 2 is 2.07 bits per heavy atom. The Labute approximate surface area is 167 Å². The van der Waals surface area contributed by atoms with E-state index >= 15 is 0 Å². The molecule has 2 aromatic carbocycles. The number of rotatable bonds is 3. The smallest absolute Gasteiger partial charge is 0.257 e. The van der Waals surface area contributed by atoms with E-state index in [1.165, 1.54) is 0 Å². The van der Waals surface area contributed by atoms with E-state index in [1.54, 1.807) is 6.20 Å². The van der Waals surface area contributed by atoms with Gasteiger partial charge in [0.2, 0.25) is 0 Å². The van der Waals surface area contributed by atoms with Crippen LogP contribution in [0, 0.1) is 6.92 Å². The predicted octanol–water partition coefficient (Wildman–Crippen LogP) is 5.39. The first-order chi connectivity index (χ1) is 13.7. The maximum absolute atomic E-state index is 13.1. The van der Waals surface area contributed by atoms with Crippen molar-refractivity contribution in [3.8, 4) is 0 Å². The van der Waals surface area contributed by atoms with Gasteiger partial charge in [-0.25, -0.2) is 0 Å². The Morgan fingerprint density at radius 3 is 2.93 bits per heavy atom. The molecule has 0 saturated carbocycles. The number of fused-ring (bicyclic) bond motifs is 2. The second-order valence-corrected chi connectivity index (χ2v) is 8.09. The van der Waals surface area contributed by atoms with Crippen LogP contribution in [0.15, 0.2) is 73.2 Å². The molecule has 1 unspecified atom stereocenters. The van der Waals surface area contributed by atoms with Gasteiger partial charge in [0.15, 0.2) is 0 Å². The SMILES string of the molecule is Cc1cc(NC(=O)c2ccn3c2CSC3c2cccnc2)c2ccccc2c1. The van der Waals surface area contributed by atoms with Crippen molar-refractivity contribution < 1.29 is 4.79 Å². The van der Waals surface area contributed by atoms with Crippen molar-refractivity contribution >= 4 is 34.1 Å². The van der Waals surface area contributed by atoms with Crippen molar-refractivity contribution in [1.29, 1.82) is 0 Å². The summed E-state index contributed by atoms with van der Waals surface area (Å²) in [5.74, 6) is 0.751. The highest BCUT2D eigenvalue weighted by atomic mass is 32.2. The first kappa shape index (κ1) is 17.1. The average molecular weight is 385 g/mol. The van der Waals surface area contributed by atoms with Gasteiger partial charge in [-0.05, 0) is 36.1 Å². The van der Waals surface area contributed by atoms with Gasteiger partial charge in [-0.1, -0.05) is 36.4 Å². The number of aryl methyl sites for hydroxylation is 1. The Bertz CT molecular complexity index is 1180. The molecule has 0 saturated heterocycles. The molecule has 1 N–H and O–H groups in total. The highest BCUT2D eigenvalue weighted by Crippen LogP contribution is 2.42. The molecule has 5 heteroatoms. The van der Waals surface area contributed by atoms with Crippen LogP contribution in [-0.2, 0) is 5.75 Å². The molecular weight excluding hydrogens is 366 g/mol. The number of carbonyl (C=O) groups is 1. The van der Waals surface area contributed by atoms with Gasteiger partial charge in [0.25, 0.3) is 5.91 Å². The number of nitrogens with one attached hydrogen (secondary N) is 1. The molecule has 4 aromatic rings. The van der Waals surface area contributed by atoms with E-state index in [0.717, 1.165) is 44.6 Å². The zero-order valence-corrected chi connectivity index (χ0v) is 16.2. The standard InChI is InChI=1S/C23H19N3OS/c1-15-11-16-5-2-3-7-18(16)20(12-15)25-22(27)19-8-10-26-21(19)14-28-23(26)17-6-4-9-24-13-17/h2-13,23H,14H2,1H3,(H,25,27). The summed E-state index contributed by atoms with van der Waals surface area (Å²) >= 11 is 1.82. The van der Waals surface area contributed by atoms with Gasteiger partial charge in [-0.3, -0.25) is 9.78 Å². The van der Waals surface area contributed by atoms with E-state index in [0.29, 0.717) is 0 Å². The van der Waals surface area contributed by atoms with E-state index in [2.05, 4.69) is 33.1 Å². The minimum Gasteiger partial charge on any atom is -0.333 e. The number of nitrogens with zero attached hydrogens (tertiary/aromatic N) is 2. The lowest BCUT2D eigenvalue weighted by Gasteiger charge is -2.12. The van der Waals surface area contributed by atoms with Crippen LogP contribution in [0.25, 0.3) is 10.8 Å². The summed E-state index contributed by atoms with van der Waals surface area (Å²) < 4.78 is 2.19. The summed E-state index contributed by atoms with van der Waals surface area (Å²) in [5, 5.41) is 5.50. The number of amides is 1. The lowest BCUT2D eigenvalue weighted by Crippen LogP contribution is -2.14. The largest absolute Gasteiger partial charge is 0.333 e. The quantitative estimate of drug-likeness (QED) is 0.514. The van der Waals surface area contributed by atoms with Gasteiger partial charge < -0.3 is 9.88 Å². The number of aromatic nitrogens is 2. The van der Waals surface area contributed by atoms with Gasteiger partial charge in [0.05, 0.1) is 5.56 Å². The number of hydrogen-bond acceptors (Lipinski definition) is 3. The van der Waals surface area contributed by atoms with E-state index in [-0.39, 0.29) is 11.3 Å². The normalized spacial score (nSPS) is 15.5. The number of carbonyl (C=O) groups excluding carboxylic acids is 1. The van der Waals surface area contributed by atoms with Crippen molar-refractivity contribution in [2.45, 2.75) is 18.1 Å². The minimum atomic E-state index is -0.0584. The molecule has 1 aliphatic heterocycles. The van der Waals surface area contributed by atoms with E-state index in [1.807, 2.05) is 67.5 Å². The minimum absolute atomic E-state index is 0.0584. The molecule has 0 fully saturated rings. The van der Waals surface area contributed by atoms with Crippen molar-refractivity contribution in [1.82, 2.24) is 9.55 Å².